The van der Waals surface area contributed by atoms with Crippen molar-refractivity contribution >= 4 is 29.9 Å². The van der Waals surface area contributed by atoms with Gasteiger partial charge in [0, 0.05) is 45.5 Å². The number of hydrogen-bond acceptors (Lipinski definition) is 2. The lowest BCUT2D eigenvalue weighted by Crippen LogP contribution is -2.40. The Morgan fingerprint density at radius 2 is 2.16 bits per heavy atom. The summed E-state index contributed by atoms with van der Waals surface area (Å²) in [6.07, 6.45) is 6.45. The molecule has 6 heteroatoms. The van der Waals surface area contributed by atoms with Crippen LogP contribution < -0.4 is 10.9 Å². The van der Waals surface area contributed by atoms with E-state index in [1.807, 2.05) is 19.3 Å². The third-order valence-electron chi connectivity index (χ3n) is 4.61. The molecule has 1 fully saturated rings. The number of pyridine rings is 1. The Hall–Kier alpha value is -1.05. The first-order chi connectivity index (χ1) is 11.6. The summed E-state index contributed by atoms with van der Waals surface area (Å²) in [5.41, 5.74) is 0.0783. The summed E-state index contributed by atoms with van der Waals surface area (Å²) in [7, 11) is 1.86. The van der Waals surface area contributed by atoms with Crippen LogP contribution in [-0.2, 0) is 6.54 Å². The summed E-state index contributed by atoms with van der Waals surface area (Å²) < 4.78 is 1.77. The van der Waals surface area contributed by atoms with Crippen LogP contribution in [0.5, 0.6) is 0 Å². The maximum atomic E-state index is 11.6. The normalized spacial score (nSPS) is 17.7. The number of nitrogens with zero attached hydrogens (tertiary/aromatic N) is 3. The summed E-state index contributed by atoms with van der Waals surface area (Å²) >= 11 is 0. The highest BCUT2D eigenvalue weighted by Crippen LogP contribution is 2.23. The zero-order chi connectivity index (χ0) is 17.4. The van der Waals surface area contributed by atoms with E-state index in [1.165, 1.54) is 12.8 Å². The quantitative estimate of drug-likeness (QED) is 0.294. The maximum absolute atomic E-state index is 11.6. The minimum atomic E-state index is 0. The predicted octanol–water partition coefficient (Wildman–Crippen LogP) is 3.19. The Bertz CT molecular complexity index is 585. The Morgan fingerprint density at radius 3 is 2.84 bits per heavy atom. The van der Waals surface area contributed by atoms with Gasteiger partial charge < -0.3 is 14.8 Å². The maximum Gasteiger partial charge on any atom is 0.250 e. The topological polar surface area (TPSA) is 49.6 Å². The van der Waals surface area contributed by atoms with Gasteiger partial charge in [0.1, 0.15) is 0 Å². The molecule has 0 bridgehead atoms. The molecule has 1 saturated heterocycles. The van der Waals surface area contributed by atoms with Crippen molar-refractivity contribution in [2.24, 2.45) is 16.8 Å². The number of aliphatic imine (C=N–C) groups is 1. The van der Waals surface area contributed by atoms with Gasteiger partial charge in [-0.1, -0.05) is 19.9 Å². The van der Waals surface area contributed by atoms with Gasteiger partial charge in [-0.2, -0.15) is 0 Å². The van der Waals surface area contributed by atoms with Crippen LogP contribution >= 0.6 is 24.0 Å². The standard InChI is InChI=1S/C19H32N4O.HI/c1-16(2)14-17-9-13-23(15-17)19(20-3)21-10-5-7-12-22-11-6-4-8-18(22)24;/h4,6,8,11,16-17H,5,7,9-10,12-15H2,1-3H3,(H,20,21);1H. The molecule has 1 atom stereocenters. The molecule has 2 rings (SSSR count). The fraction of sp³-hybridized carbons (Fsp3) is 0.684. The first-order valence-electron chi connectivity index (χ1n) is 9.21. The second-order valence-corrected chi connectivity index (χ2v) is 7.14. The third kappa shape index (κ3) is 7.38. The minimum absolute atomic E-state index is 0. The van der Waals surface area contributed by atoms with Gasteiger partial charge in [-0.25, -0.2) is 0 Å². The van der Waals surface area contributed by atoms with Crippen LogP contribution in [0.4, 0.5) is 0 Å². The predicted molar refractivity (Wildman–Crippen MR) is 116 cm³/mol. The average Bonchev–Trinajstić information content (AvgIpc) is 3.00. The molecule has 0 spiro atoms. The van der Waals surface area contributed by atoms with Gasteiger partial charge in [-0.15, -0.1) is 24.0 Å². The number of unbranched alkanes of at least 4 members (excludes halogenated alkanes) is 1. The number of likely N-dealkylation sites (tertiary alicyclic amines) is 1. The molecule has 1 unspecified atom stereocenters. The van der Waals surface area contributed by atoms with Crippen molar-refractivity contribution in [3.63, 3.8) is 0 Å². The molecule has 1 aromatic rings. The van der Waals surface area contributed by atoms with Crippen LogP contribution in [0.3, 0.4) is 0 Å². The zero-order valence-corrected chi connectivity index (χ0v) is 18.1. The molecule has 2 heterocycles. The minimum Gasteiger partial charge on any atom is -0.356 e. The molecule has 1 aliphatic heterocycles. The number of aromatic nitrogens is 1. The van der Waals surface area contributed by atoms with Crippen molar-refractivity contribution in [2.75, 3.05) is 26.7 Å². The van der Waals surface area contributed by atoms with Crippen molar-refractivity contribution in [3.05, 3.63) is 34.7 Å². The molecular formula is C19H33IN4O. The molecule has 1 aromatic heterocycles. The van der Waals surface area contributed by atoms with Gasteiger partial charge in [0.05, 0.1) is 0 Å². The number of hydrogen-bond donors (Lipinski definition) is 1. The molecule has 0 saturated carbocycles. The lowest BCUT2D eigenvalue weighted by Gasteiger charge is -2.22. The number of aryl methyl sites for hydroxylation is 1. The SMILES string of the molecule is CN=C(NCCCCn1ccccc1=O)N1CCC(CC(C)C)C1.I. The molecule has 1 N–H and O–H groups in total. The number of halogens is 1. The highest BCUT2D eigenvalue weighted by molar-refractivity contribution is 14.0. The van der Waals surface area contributed by atoms with Gasteiger partial charge in [-0.3, -0.25) is 9.79 Å². The fourth-order valence-electron chi connectivity index (χ4n) is 3.47. The summed E-state index contributed by atoms with van der Waals surface area (Å²) in [6, 6.07) is 5.30. The van der Waals surface area contributed by atoms with E-state index in [2.05, 4.69) is 29.1 Å². The molecule has 0 aliphatic carbocycles. The van der Waals surface area contributed by atoms with Gasteiger partial charge >= 0.3 is 0 Å². The Kier molecular flexibility index (Phi) is 10.2. The van der Waals surface area contributed by atoms with E-state index in [1.54, 1.807) is 16.7 Å². The third-order valence-corrected chi connectivity index (χ3v) is 4.61. The van der Waals surface area contributed by atoms with E-state index in [-0.39, 0.29) is 29.5 Å². The highest BCUT2D eigenvalue weighted by Gasteiger charge is 2.25. The van der Waals surface area contributed by atoms with Crippen molar-refractivity contribution in [3.8, 4) is 0 Å². The molecule has 5 nitrogen and oxygen atoms in total. The van der Waals surface area contributed by atoms with Crippen molar-refractivity contribution < 1.29 is 0 Å². The van der Waals surface area contributed by atoms with Crippen LogP contribution in [-0.4, -0.2) is 42.1 Å². The number of nitrogens with one attached hydrogen (secondary N) is 1. The average molecular weight is 460 g/mol. The molecule has 0 amide bonds. The first-order valence-corrected chi connectivity index (χ1v) is 9.21. The summed E-state index contributed by atoms with van der Waals surface area (Å²) in [5, 5.41) is 3.47. The van der Waals surface area contributed by atoms with Crippen molar-refractivity contribution in [2.45, 2.75) is 46.1 Å². The van der Waals surface area contributed by atoms with Gasteiger partial charge in [0.2, 0.25) is 5.56 Å². The van der Waals surface area contributed by atoms with Crippen LogP contribution in [0.1, 0.15) is 39.5 Å². The molecule has 1 aliphatic rings. The van der Waals surface area contributed by atoms with E-state index in [0.717, 1.165) is 56.8 Å². The Labute approximate surface area is 168 Å². The summed E-state index contributed by atoms with van der Waals surface area (Å²) in [4.78, 5) is 18.5. The van der Waals surface area contributed by atoms with Gasteiger partial charge in [0.15, 0.2) is 5.96 Å². The van der Waals surface area contributed by atoms with Gasteiger partial charge in [-0.05, 0) is 43.6 Å². The first kappa shape index (κ1) is 22.0. The van der Waals surface area contributed by atoms with Crippen LogP contribution in [0.25, 0.3) is 0 Å². The Morgan fingerprint density at radius 1 is 1.36 bits per heavy atom. The van der Waals surface area contributed by atoms with Crippen LogP contribution in [0.15, 0.2) is 34.2 Å². The lowest BCUT2D eigenvalue weighted by molar-refractivity contribution is 0.403. The number of rotatable bonds is 7. The van der Waals surface area contributed by atoms with E-state index in [9.17, 15) is 4.79 Å². The summed E-state index contributed by atoms with van der Waals surface area (Å²) in [6.45, 7) is 8.51. The Balaban J connectivity index is 0.00000312. The van der Waals surface area contributed by atoms with Crippen molar-refractivity contribution in [1.82, 2.24) is 14.8 Å². The zero-order valence-electron chi connectivity index (χ0n) is 15.8. The monoisotopic (exact) mass is 460 g/mol. The van der Waals surface area contributed by atoms with Crippen LogP contribution in [0.2, 0.25) is 0 Å². The fourth-order valence-corrected chi connectivity index (χ4v) is 3.47. The van der Waals surface area contributed by atoms with Gasteiger partial charge in [0.25, 0.3) is 0 Å². The number of guanidine groups is 1. The van der Waals surface area contributed by atoms with E-state index in [0.29, 0.717) is 0 Å². The van der Waals surface area contributed by atoms with E-state index in [4.69, 9.17) is 0 Å². The van der Waals surface area contributed by atoms with E-state index < -0.39 is 0 Å². The molecular weight excluding hydrogens is 427 g/mol. The van der Waals surface area contributed by atoms with Crippen LogP contribution in [0, 0.1) is 11.8 Å². The summed E-state index contributed by atoms with van der Waals surface area (Å²) in [5.74, 6) is 2.60. The molecule has 25 heavy (non-hydrogen) atoms. The van der Waals surface area contributed by atoms with Crippen molar-refractivity contribution in [1.29, 1.82) is 0 Å². The molecule has 0 aromatic carbocycles. The smallest absolute Gasteiger partial charge is 0.250 e. The largest absolute Gasteiger partial charge is 0.356 e. The second kappa shape index (κ2) is 11.5. The molecule has 0 radical (unpaired) electrons. The lowest BCUT2D eigenvalue weighted by atomic mass is 9.97. The molecule has 142 valence electrons. The second-order valence-electron chi connectivity index (χ2n) is 7.14. The highest BCUT2D eigenvalue weighted by atomic mass is 127. The van der Waals surface area contributed by atoms with E-state index >= 15 is 0 Å².